The van der Waals surface area contributed by atoms with Gasteiger partial charge in [-0.1, -0.05) is 0 Å². The molecule has 0 spiro atoms. The third kappa shape index (κ3) is 3.54. The molecule has 0 aliphatic carbocycles. The van der Waals surface area contributed by atoms with E-state index in [4.69, 9.17) is 4.74 Å². The molecule has 0 aliphatic heterocycles. The number of esters is 1. The van der Waals surface area contributed by atoms with E-state index in [2.05, 4.69) is 23.7 Å². The summed E-state index contributed by atoms with van der Waals surface area (Å²) in [5.41, 5.74) is 0.977. The summed E-state index contributed by atoms with van der Waals surface area (Å²) in [6.45, 7) is 7.34. The van der Waals surface area contributed by atoms with Crippen LogP contribution in [0.4, 0.5) is 0 Å². The first-order chi connectivity index (χ1) is 9.10. The van der Waals surface area contributed by atoms with Gasteiger partial charge in [-0.3, -0.25) is 14.1 Å². The molecular formula is C13H19N3O2S. The predicted molar refractivity (Wildman–Crippen MR) is 75.2 cm³/mol. The van der Waals surface area contributed by atoms with Crippen molar-refractivity contribution in [3.8, 4) is 0 Å². The minimum atomic E-state index is -0.183. The van der Waals surface area contributed by atoms with Crippen LogP contribution < -0.4 is 0 Å². The zero-order chi connectivity index (χ0) is 13.8. The summed E-state index contributed by atoms with van der Waals surface area (Å²) in [6, 6.07) is 0.268. The highest BCUT2D eigenvalue weighted by Gasteiger charge is 2.16. The highest BCUT2D eigenvalue weighted by Crippen LogP contribution is 2.14. The quantitative estimate of drug-likeness (QED) is 0.761. The summed E-state index contributed by atoms with van der Waals surface area (Å²) < 4.78 is 7.00. The topological polar surface area (TPSA) is 46.8 Å². The number of hydrogen-bond acceptors (Lipinski definition) is 5. The summed E-state index contributed by atoms with van der Waals surface area (Å²) >= 11 is 1.61. The Hall–Kier alpha value is -1.40. The van der Waals surface area contributed by atoms with Crippen LogP contribution in [0.15, 0.2) is 17.8 Å². The first kappa shape index (κ1) is 14.0. The van der Waals surface area contributed by atoms with Crippen molar-refractivity contribution in [1.82, 2.24) is 14.3 Å². The van der Waals surface area contributed by atoms with Crippen molar-refractivity contribution in [2.24, 2.45) is 0 Å². The van der Waals surface area contributed by atoms with Crippen LogP contribution in [0.2, 0.25) is 0 Å². The minimum Gasteiger partial charge on any atom is -0.465 e. The van der Waals surface area contributed by atoms with Crippen LogP contribution in [0.5, 0.6) is 0 Å². The molecule has 0 fully saturated rings. The van der Waals surface area contributed by atoms with E-state index in [0.717, 1.165) is 10.7 Å². The monoisotopic (exact) mass is 281 g/mol. The zero-order valence-electron chi connectivity index (χ0n) is 11.5. The van der Waals surface area contributed by atoms with E-state index < -0.39 is 0 Å². The smallest absolute Gasteiger partial charge is 0.320 e. The maximum Gasteiger partial charge on any atom is 0.320 e. The van der Waals surface area contributed by atoms with Gasteiger partial charge < -0.3 is 4.74 Å². The van der Waals surface area contributed by atoms with Crippen molar-refractivity contribution in [3.63, 3.8) is 0 Å². The molecule has 104 valence electrons. The first-order valence-corrected chi connectivity index (χ1v) is 7.29. The molecule has 6 heteroatoms. The number of thiazole rings is 1. The molecule has 0 aromatic carbocycles. The van der Waals surface area contributed by atoms with Crippen molar-refractivity contribution >= 4 is 22.3 Å². The maximum absolute atomic E-state index is 11.6. The van der Waals surface area contributed by atoms with Crippen LogP contribution >= 0.6 is 11.3 Å². The molecule has 0 saturated heterocycles. The molecule has 2 aromatic heterocycles. The first-order valence-electron chi connectivity index (χ1n) is 6.41. The van der Waals surface area contributed by atoms with Gasteiger partial charge in [0.25, 0.3) is 0 Å². The number of aromatic nitrogens is 2. The van der Waals surface area contributed by atoms with Gasteiger partial charge in [-0.15, -0.1) is 11.3 Å². The molecule has 19 heavy (non-hydrogen) atoms. The van der Waals surface area contributed by atoms with Gasteiger partial charge in [0.2, 0.25) is 0 Å². The van der Waals surface area contributed by atoms with Crippen molar-refractivity contribution in [2.75, 3.05) is 13.2 Å². The second kappa shape index (κ2) is 6.16. The fraction of sp³-hybridized carbons (Fsp3) is 0.538. The van der Waals surface area contributed by atoms with E-state index in [9.17, 15) is 4.79 Å². The van der Waals surface area contributed by atoms with Crippen molar-refractivity contribution < 1.29 is 9.53 Å². The summed E-state index contributed by atoms with van der Waals surface area (Å²) in [5, 5.41) is 2.00. The number of ether oxygens (including phenoxy) is 1. The lowest BCUT2D eigenvalue weighted by Gasteiger charge is -2.24. The van der Waals surface area contributed by atoms with Crippen LogP contribution in [0.1, 0.15) is 26.5 Å². The van der Waals surface area contributed by atoms with E-state index in [1.54, 1.807) is 11.3 Å². The number of carbonyl (C=O) groups is 1. The molecular weight excluding hydrogens is 262 g/mol. The van der Waals surface area contributed by atoms with E-state index in [0.29, 0.717) is 19.7 Å². The molecule has 2 heterocycles. The highest BCUT2D eigenvalue weighted by atomic mass is 32.1. The molecule has 0 atom stereocenters. The normalized spacial score (nSPS) is 11.6. The van der Waals surface area contributed by atoms with Gasteiger partial charge in [-0.25, -0.2) is 4.98 Å². The number of carbonyl (C=O) groups excluding carboxylic acids is 1. The van der Waals surface area contributed by atoms with Crippen LogP contribution in [0, 0.1) is 0 Å². The Bertz CT molecular complexity index is 518. The summed E-state index contributed by atoms with van der Waals surface area (Å²) in [6.07, 6.45) is 3.99. The fourth-order valence-corrected chi connectivity index (χ4v) is 2.57. The van der Waals surface area contributed by atoms with Gasteiger partial charge in [-0.2, -0.15) is 0 Å². The van der Waals surface area contributed by atoms with Crippen LogP contribution in [0.3, 0.4) is 0 Å². The molecule has 2 rings (SSSR count). The van der Waals surface area contributed by atoms with E-state index >= 15 is 0 Å². The molecule has 0 amide bonds. The Morgan fingerprint density at radius 1 is 1.58 bits per heavy atom. The molecule has 0 radical (unpaired) electrons. The average molecular weight is 281 g/mol. The molecule has 0 saturated carbocycles. The fourth-order valence-electron chi connectivity index (χ4n) is 1.85. The Labute approximate surface area is 116 Å². The van der Waals surface area contributed by atoms with Gasteiger partial charge in [0.1, 0.15) is 0 Å². The summed E-state index contributed by atoms with van der Waals surface area (Å²) in [7, 11) is 0. The number of fused-ring (bicyclic) bond motifs is 1. The number of nitrogens with zero attached hydrogens (tertiary/aromatic N) is 3. The third-order valence-electron chi connectivity index (χ3n) is 2.88. The standard InChI is InChI=1S/C13H19N3O2S/c1-4-18-12(17)9-16(10(2)3)8-11-7-15-5-6-19-13(15)14-11/h5-7,10H,4,8-9H2,1-3H3. The van der Waals surface area contributed by atoms with Crippen LogP contribution in [-0.2, 0) is 16.1 Å². The van der Waals surface area contributed by atoms with E-state index in [1.807, 2.05) is 29.1 Å². The Morgan fingerprint density at radius 2 is 2.37 bits per heavy atom. The lowest BCUT2D eigenvalue weighted by molar-refractivity contribution is -0.145. The molecule has 0 unspecified atom stereocenters. The van der Waals surface area contributed by atoms with Crippen molar-refractivity contribution in [1.29, 1.82) is 0 Å². The Morgan fingerprint density at radius 3 is 3.00 bits per heavy atom. The average Bonchev–Trinajstić information content (AvgIpc) is 2.88. The van der Waals surface area contributed by atoms with Gasteiger partial charge in [0.15, 0.2) is 4.96 Å². The van der Waals surface area contributed by atoms with E-state index in [1.165, 1.54) is 0 Å². The molecule has 0 aliphatic rings. The molecule has 5 nitrogen and oxygen atoms in total. The van der Waals surface area contributed by atoms with Gasteiger partial charge in [-0.05, 0) is 20.8 Å². The zero-order valence-corrected chi connectivity index (χ0v) is 12.3. The second-order valence-corrected chi connectivity index (χ2v) is 5.50. The number of hydrogen-bond donors (Lipinski definition) is 0. The Balaban J connectivity index is 2.03. The van der Waals surface area contributed by atoms with Gasteiger partial charge in [0.05, 0.1) is 18.8 Å². The second-order valence-electron chi connectivity index (χ2n) is 4.63. The van der Waals surface area contributed by atoms with Crippen molar-refractivity contribution in [2.45, 2.75) is 33.4 Å². The predicted octanol–water partition coefficient (Wildman–Crippen LogP) is 2.17. The third-order valence-corrected chi connectivity index (χ3v) is 3.65. The maximum atomic E-state index is 11.6. The van der Waals surface area contributed by atoms with Crippen LogP contribution in [0.25, 0.3) is 4.96 Å². The number of rotatable bonds is 6. The van der Waals surface area contributed by atoms with Gasteiger partial charge >= 0.3 is 5.97 Å². The van der Waals surface area contributed by atoms with Crippen LogP contribution in [-0.4, -0.2) is 39.4 Å². The van der Waals surface area contributed by atoms with E-state index in [-0.39, 0.29) is 12.0 Å². The SMILES string of the molecule is CCOC(=O)CN(Cc1cn2ccsc2n1)C(C)C. The largest absolute Gasteiger partial charge is 0.465 e. The van der Waals surface area contributed by atoms with Gasteiger partial charge in [0, 0.05) is 30.4 Å². The summed E-state index contributed by atoms with van der Waals surface area (Å²) in [4.78, 5) is 19.2. The molecule has 0 bridgehead atoms. The molecule has 2 aromatic rings. The lowest BCUT2D eigenvalue weighted by atomic mass is 10.3. The number of imidazole rings is 1. The Kier molecular flexibility index (Phi) is 4.55. The lowest BCUT2D eigenvalue weighted by Crippen LogP contribution is -2.36. The molecule has 0 N–H and O–H groups in total. The summed E-state index contributed by atoms with van der Waals surface area (Å²) in [5.74, 6) is -0.183. The highest BCUT2D eigenvalue weighted by molar-refractivity contribution is 7.15. The minimum absolute atomic E-state index is 0.183. The van der Waals surface area contributed by atoms with Crippen molar-refractivity contribution in [3.05, 3.63) is 23.5 Å².